The fourth-order valence-corrected chi connectivity index (χ4v) is 2.20. The van der Waals surface area contributed by atoms with E-state index in [4.69, 9.17) is 20.9 Å². The number of ether oxygens (including phenoxy) is 1. The van der Waals surface area contributed by atoms with Crippen LogP contribution in [-0.2, 0) is 6.61 Å². The summed E-state index contributed by atoms with van der Waals surface area (Å²) in [5, 5.41) is 4.70. The summed E-state index contributed by atoms with van der Waals surface area (Å²) in [6.07, 6.45) is 0. The van der Waals surface area contributed by atoms with Crippen LogP contribution in [0.3, 0.4) is 0 Å². The quantitative estimate of drug-likeness (QED) is 0.633. The maximum Gasteiger partial charge on any atom is 0.174 e. The number of halogens is 1. The first kappa shape index (κ1) is 15.3. The second-order valence-corrected chi connectivity index (χ2v) is 5.49. The highest BCUT2D eigenvalue weighted by atomic mass is 35.5. The Kier molecular flexibility index (Phi) is 4.44. The molecule has 0 radical (unpaired) electrons. The molecule has 0 N–H and O–H groups in total. The standard InChI is InChI=1S/C18H14ClNO3/c1-12(21)13-4-8-16(9-5-13)22-11-17-10-18(20-23-17)14-2-6-15(19)7-3-14/h2-10H,11H2,1H3. The van der Waals surface area contributed by atoms with Crippen LogP contribution in [0.4, 0.5) is 0 Å². The van der Waals surface area contributed by atoms with E-state index < -0.39 is 0 Å². The van der Waals surface area contributed by atoms with Crippen LogP contribution in [0.25, 0.3) is 11.3 Å². The molecule has 0 fully saturated rings. The molecule has 0 amide bonds. The molecule has 3 rings (SSSR count). The van der Waals surface area contributed by atoms with Gasteiger partial charge in [0.15, 0.2) is 11.5 Å². The van der Waals surface area contributed by atoms with Gasteiger partial charge in [0.05, 0.1) is 0 Å². The van der Waals surface area contributed by atoms with Gasteiger partial charge in [0, 0.05) is 22.2 Å². The molecule has 3 aromatic rings. The third-order valence-electron chi connectivity index (χ3n) is 3.34. The summed E-state index contributed by atoms with van der Waals surface area (Å²) in [5.74, 6) is 1.31. The van der Waals surface area contributed by atoms with Crippen molar-refractivity contribution in [1.29, 1.82) is 0 Å². The fraction of sp³-hybridized carbons (Fsp3) is 0.111. The van der Waals surface area contributed by atoms with Gasteiger partial charge in [-0.3, -0.25) is 4.79 Å². The molecule has 0 atom stereocenters. The van der Waals surface area contributed by atoms with Crippen LogP contribution < -0.4 is 4.74 Å². The molecule has 0 bridgehead atoms. The van der Waals surface area contributed by atoms with E-state index in [9.17, 15) is 4.79 Å². The van der Waals surface area contributed by atoms with E-state index in [1.165, 1.54) is 6.92 Å². The van der Waals surface area contributed by atoms with Gasteiger partial charge in [-0.15, -0.1) is 0 Å². The Morgan fingerprint density at radius 3 is 2.48 bits per heavy atom. The van der Waals surface area contributed by atoms with Crippen molar-refractivity contribution in [3.8, 4) is 17.0 Å². The number of carbonyl (C=O) groups is 1. The van der Waals surface area contributed by atoms with Gasteiger partial charge in [-0.25, -0.2) is 0 Å². The lowest BCUT2D eigenvalue weighted by Crippen LogP contribution is -1.95. The number of hydrogen-bond acceptors (Lipinski definition) is 4. The van der Waals surface area contributed by atoms with E-state index in [1.54, 1.807) is 36.4 Å². The molecule has 0 spiro atoms. The van der Waals surface area contributed by atoms with E-state index in [0.717, 1.165) is 11.3 Å². The van der Waals surface area contributed by atoms with Gasteiger partial charge >= 0.3 is 0 Å². The van der Waals surface area contributed by atoms with Crippen LogP contribution >= 0.6 is 11.6 Å². The number of benzene rings is 2. The minimum atomic E-state index is 0.0272. The molecule has 1 heterocycles. The zero-order chi connectivity index (χ0) is 16.2. The van der Waals surface area contributed by atoms with Crippen molar-refractivity contribution in [2.45, 2.75) is 13.5 Å². The van der Waals surface area contributed by atoms with Gasteiger partial charge in [-0.1, -0.05) is 28.9 Å². The van der Waals surface area contributed by atoms with Crippen LogP contribution in [0, 0.1) is 0 Å². The van der Waals surface area contributed by atoms with Gasteiger partial charge in [0.2, 0.25) is 0 Å². The van der Waals surface area contributed by atoms with Crippen LogP contribution in [0.1, 0.15) is 23.0 Å². The van der Waals surface area contributed by atoms with E-state index in [1.807, 2.05) is 18.2 Å². The van der Waals surface area contributed by atoms with Crippen LogP contribution in [0.2, 0.25) is 5.02 Å². The maximum absolute atomic E-state index is 11.2. The highest BCUT2D eigenvalue weighted by Gasteiger charge is 2.07. The average molecular weight is 328 g/mol. The molecule has 5 heteroatoms. The smallest absolute Gasteiger partial charge is 0.174 e. The third-order valence-corrected chi connectivity index (χ3v) is 3.59. The Morgan fingerprint density at radius 1 is 1.13 bits per heavy atom. The van der Waals surface area contributed by atoms with Crippen molar-refractivity contribution >= 4 is 17.4 Å². The van der Waals surface area contributed by atoms with E-state index in [2.05, 4.69) is 5.16 Å². The van der Waals surface area contributed by atoms with Gasteiger partial charge in [0.25, 0.3) is 0 Å². The number of rotatable bonds is 5. The number of hydrogen-bond donors (Lipinski definition) is 0. The zero-order valence-corrected chi connectivity index (χ0v) is 13.2. The van der Waals surface area contributed by atoms with Crippen molar-refractivity contribution in [3.63, 3.8) is 0 Å². The third kappa shape index (κ3) is 3.79. The van der Waals surface area contributed by atoms with Crippen molar-refractivity contribution in [1.82, 2.24) is 5.16 Å². The predicted octanol–water partition coefficient (Wildman–Crippen LogP) is 4.78. The molecule has 116 valence electrons. The lowest BCUT2D eigenvalue weighted by Gasteiger charge is -2.03. The number of Topliss-reactive ketones (excluding diaryl/α,β-unsaturated/α-hetero) is 1. The Hall–Kier alpha value is -2.59. The van der Waals surface area contributed by atoms with E-state index in [-0.39, 0.29) is 12.4 Å². The Bertz CT molecular complexity index is 807. The summed E-state index contributed by atoms with van der Waals surface area (Å²) in [7, 11) is 0. The lowest BCUT2D eigenvalue weighted by molar-refractivity contribution is 0.101. The van der Waals surface area contributed by atoms with Gasteiger partial charge in [0.1, 0.15) is 18.1 Å². The summed E-state index contributed by atoms with van der Waals surface area (Å²) < 4.78 is 10.9. The maximum atomic E-state index is 11.2. The highest BCUT2D eigenvalue weighted by Crippen LogP contribution is 2.22. The first-order valence-corrected chi connectivity index (χ1v) is 7.45. The Balaban J connectivity index is 1.65. The largest absolute Gasteiger partial charge is 0.486 e. The van der Waals surface area contributed by atoms with Gasteiger partial charge in [-0.2, -0.15) is 0 Å². The summed E-state index contributed by atoms with van der Waals surface area (Å²) in [4.78, 5) is 11.2. The molecule has 1 aromatic heterocycles. The molecular weight excluding hydrogens is 314 g/mol. The monoisotopic (exact) mass is 327 g/mol. The summed E-state index contributed by atoms with van der Waals surface area (Å²) >= 11 is 5.87. The van der Waals surface area contributed by atoms with E-state index >= 15 is 0 Å². The number of ketones is 1. The van der Waals surface area contributed by atoms with Crippen molar-refractivity contribution < 1.29 is 14.1 Å². The van der Waals surface area contributed by atoms with Gasteiger partial charge < -0.3 is 9.26 Å². The molecule has 0 aliphatic carbocycles. The average Bonchev–Trinajstić information content (AvgIpc) is 3.03. The highest BCUT2D eigenvalue weighted by molar-refractivity contribution is 6.30. The Labute approximate surface area is 138 Å². The summed E-state index contributed by atoms with van der Waals surface area (Å²) in [6.45, 7) is 1.79. The van der Waals surface area contributed by atoms with Crippen molar-refractivity contribution in [2.75, 3.05) is 0 Å². The minimum absolute atomic E-state index is 0.0272. The lowest BCUT2D eigenvalue weighted by atomic mass is 10.1. The molecule has 0 saturated carbocycles. The molecule has 2 aromatic carbocycles. The molecule has 0 aliphatic rings. The normalized spacial score (nSPS) is 10.5. The van der Waals surface area contributed by atoms with Crippen LogP contribution in [-0.4, -0.2) is 10.9 Å². The molecule has 0 aliphatic heterocycles. The first-order valence-electron chi connectivity index (χ1n) is 7.07. The van der Waals surface area contributed by atoms with Crippen molar-refractivity contribution in [2.24, 2.45) is 0 Å². The molecule has 23 heavy (non-hydrogen) atoms. The van der Waals surface area contributed by atoms with E-state index in [0.29, 0.717) is 22.1 Å². The molecule has 4 nitrogen and oxygen atoms in total. The first-order chi connectivity index (χ1) is 11.1. The number of nitrogens with zero attached hydrogens (tertiary/aromatic N) is 1. The Morgan fingerprint density at radius 2 is 1.83 bits per heavy atom. The molecular formula is C18H14ClNO3. The number of aromatic nitrogens is 1. The SMILES string of the molecule is CC(=O)c1ccc(OCc2cc(-c3ccc(Cl)cc3)no2)cc1. The molecule has 0 unspecified atom stereocenters. The summed E-state index contributed by atoms with van der Waals surface area (Å²) in [6, 6.07) is 16.2. The van der Waals surface area contributed by atoms with Crippen LogP contribution in [0.15, 0.2) is 59.1 Å². The summed E-state index contributed by atoms with van der Waals surface area (Å²) in [5.41, 5.74) is 2.31. The van der Waals surface area contributed by atoms with Crippen molar-refractivity contribution in [3.05, 3.63) is 70.9 Å². The molecule has 0 saturated heterocycles. The fourth-order valence-electron chi connectivity index (χ4n) is 2.08. The number of carbonyl (C=O) groups excluding carboxylic acids is 1. The second kappa shape index (κ2) is 6.67. The zero-order valence-electron chi connectivity index (χ0n) is 12.5. The van der Waals surface area contributed by atoms with Gasteiger partial charge in [-0.05, 0) is 43.3 Å². The topological polar surface area (TPSA) is 52.3 Å². The predicted molar refractivity (Wildman–Crippen MR) is 87.7 cm³/mol. The van der Waals surface area contributed by atoms with Crippen LogP contribution in [0.5, 0.6) is 5.75 Å². The second-order valence-electron chi connectivity index (χ2n) is 5.05. The minimum Gasteiger partial charge on any atom is -0.486 e.